The molecule has 18 heavy (non-hydrogen) atoms. The molecule has 2 heterocycles. The number of carbonyl (C=O) groups is 1. The van der Waals surface area contributed by atoms with Gasteiger partial charge in [0, 0.05) is 18.6 Å². The molecule has 0 amide bonds. The van der Waals surface area contributed by atoms with E-state index in [2.05, 4.69) is 13.2 Å². The summed E-state index contributed by atoms with van der Waals surface area (Å²) >= 11 is 0. The molecule has 3 unspecified atom stereocenters. The molecule has 0 saturated carbocycles. The van der Waals surface area contributed by atoms with E-state index in [9.17, 15) is 4.79 Å². The number of hydrogen-bond donors (Lipinski definition) is 0. The van der Waals surface area contributed by atoms with Gasteiger partial charge in [0.25, 0.3) is 0 Å². The monoisotopic (exact) mass is 252 g/mol. The largest absolute Gasteiger partial charge is 0.428 e. The number of hydrogen-bond acceptors (Lipinski definition) is 4. The Balaban J connectivity index is 1.98. The molecule has 0 aromatic rings. The van der Waals surface area contributed by atoms with Crippen molar-refractivity contribution in [2.24, 2.45) is 5.92 Å². The number of fused-ring (bicyclic) bond motifs is 2. The fourth-order valence-electron chi connectivity index (χ4n) is 2.84. The highest BCUT2D eigenvalue weighted by molar-refractivity contribution is 5.87. The zero-order chi connectivity index (χ0) is 13.3. The Morgan fingerprint density at radius 2 is 2.22 bits per heavy atom. The molecule has 0 aliphatic carbocycles. The number of esters is 1. The second-order valence-electron chi connectivity index (χ2n) is 5.26. The van der Waals surface area contributed by atoms with Gasteiger partial charge in [-0.05, 0) is 26.2 Å². The van der Waals surface area contributed by atoms with Gasteiger partial charge in [0.1, 0.15) is 5.76 Å². The maximum atomic E-state index is 11.5. The summed E-state index contributed by atoms with van der Waals surface area (Å²) in [6.07, 6.45) is 2.89. The van der Waals surface area contributed by atoms with Crippen molar-refractivity contribution in [2.45, 2.75) is 37.9 Å². The molecule has 4 nitrogen and oxygen atoms in total. The van der Waals surface area contributed by atoms with Crippen LogP contribution in [0.5, 0.6) is 0 Å². The minimum Gasteiger partial charge on any atom is -0.428 e. The van der Waals surface area contributed by atoms with E-state index in [4.69, 9.17) is 14.2 Å². The zero-order valence-corrected chi connectivity index (χ0v) is 11.0. The summed E-state index contributed by atoms with van der Waals surface area (Å²) < 4.78 is 16.4. The maximum Gasteiger partial charge on any atom is 0.338 e. The Bertz CT molecular complexity index is 387. The van der Waals surface area contributed by atoms with Crippen LogP contribution < -0.4 is 0 Å². The SMILES string of the molecule is C=C(C)C(=O)OC(=C)C1CC2(COC)CCC1O2. The molecule has 2 rings (SSSR count). The lowest BCUT2D eigenvalue weighted by atomic mass is 9.81. The van der Waals surface area contributed by atoms with Crippen LogP contribution in [0.1, 0.15) is 26.2 Å². The number of ether oxygens (including phenoxy) is 3. The Kier molecular flexibility index (Phi) is 3.59. The van der Waals surface area contributed by atoms with Gasteiger partial charge >= 0.3 is 5.97 Å². The molecule has 100 valence electrons. The average molecular weight is 252 g/mol. The first kappa shape index (κ1) is 13.3. The summed E-state index contributed by atoms with van der Waals surface area (Å²) in [7, 11) is 1.68. The summed E-state index contributed by atoms with van der Waals surface area (Å²) in [4.78, 5) is 11.5. The Labute approximate surface area is 108 Å². The Morgan fingerprint density at radius 3 is 2.83 bits per heavy atom. The third-order valence-corrected chi connectivity index (χ3v) is 3.72. The van der Waals surface area contributed by atoms with Crippen LogP contribution in [0.15, 0.2) is 24.5 Å². The summed E-state index contributed by atoms with van der Waals surface area (Å²) in [5.74, 6) is 0.159. The molecule has 0 spiro atoms. The first-order valence-electron chi connectivity index (χ1n) is 6.21. The lowest BCUT2D eigenvalue weighted by Crippen LogP contribution is -2.32. The molecule has 2 aliphatic rings. The van der Waals surface area contributed by atoms with Crippen molar-refractivity contribution in [2.75, 3.05) is 13.7 Å². The molecule has 2 bridgehead atoms. The highest BCUT2D eigenvalue weighted by atomic mass is 16.6. The van der Waals surface area contributed by atoms with E-state index in [0.29, 0.717) is 17.9 Å². The fraction of sp³-hybridized carbons (Fsp3) is 0.643. The minimum atomic E-state index is -0.413. The van der Waals surface area contributed by atoms with Crippen molar-refractivity contribution in [3.8, 4) is 0 Å². The summed E-state index contributed by atoms with van der Waals surface area (Å²) in [6.45, 7) is 9.63. The van der Waals surface area contributed by atoms with E-state index in [1.54, 1.807) is 14.0 Å². The van der Waals surface area contributed by atoms with E-state index >= 15 is 0 Å². The predicted octanol–water partition coefficient (Wildman–Crippen LogP) is 2.20. The third-order valence-electron chi connectivity index (χ3n) is 3.72. The molecule has 0 radical (unpaired) electrons. The first-order valence-corrected chi connectivity index (χ1v) is 6.21. The molecule has 0 aromatic carbocycles. The van der Waals surface area contributed by atoms with Crippen LogP contribution in [0, 0.1) is 5.92 Å². The van der Waals surface area contributed by atoms with Crippen LogP contribution in [0.2, 0.25) is 0 Å². The van der Waals surface area contributed by atoms with Gasteiger partial charge in [0.2, 0.25) is 0 Å². The molecule has 4 heteroatoms. The quantitative estimate of drug-likeness (QED) is 0.427. The van der Waals surface area contributed by atoms with Crippen molar-refractivity contribution in [3.63, 3.8) is 0 Å². The van der Waals surface area contributed by atoms with Gasteiger partial charge < -0.3 is 14.2 Å². The van der Waals surface area contributed by atoms with E-state index in [1.807, 2.05) is 0 Å². The predicted molar refractivity (Wildman–Crippen MR) is 66.9 cm³/mol. The minimum absolute atomic E-state index is 0.0807. The van der Waals surface area contributed by atoms with Crippen molar-refractivity contribution in [1.82, 2.24) is 0 Å². The van der Waals surface area contributed by atoms with Gasteiger partial charge in [-0.2, -0.15) is 0 Å². The Hall–Kier alpha value is -1.13. The lowest BCUT2D eigenvalue weighted by molar-refractivity contribution is -0.135. The topological polar surface area (TPSA) is 44.8 Å². The van der Waals surface area contributed by atoms with E-state index in [0.717, 1.165) is 19.3 Å². The molecule has 3 atom stereocenters. The van der Waals surface area contributed by atoms with E-state index in [-0.39, 0.29) is 17.6 Å². The molecule has 2 saturated heterocycles. The molecule has 2 aliphatic heterocycles. The maximum absolute atomic E-state index is 11.5. The molecular weight excluding hydrogens is 232 g/mol. The van der Waals surface area contributed by atoms with Crippen LogP contribution >= 0.6 is 0 Å². The number of methoxy groups -OCH3 is 1. The van der Waals surface area contributed by atoms with Crippen molar-refractivity contribution < 1.29 is 19.0 Å². The fourth-order valence-corrected chi connectivity index (χ4v) is 2.84. The van der Waals surface area contributed by atoms with Crippen LogP contribution in [0.25, 0.3) is 0 Å². The van der Waals surface area contributed by atoms with Crippen LogP contribution in [-0.4, -0.2) is 31.4 Å². The van der Waals surface area contributed by atoms with Gasteiger partial charge in [-0.1, -0.05) is 13.2 Å². The highest BCUT2D eigenvalue weighted by Crippen LogP contribution is 2.49. The van der Waals surface area contributed by atoms with Crippen LogP contribution in [0.4, 0.5) is 0 Å². The third kappa shape index (κ3) is 2.35. The molecule has 0 N–H and O–H groups in total. The van der Waals surface area contributed by atoms with Crippen molar-refractivity contribution >= 4 is 5.97 Å². The van der Waals surface area contributed by atoms with Crippen LogP contribution in [0.3, 0.4) is 0 Å². The second kappa shape index (κ2) is 4.86. The second-order valence-corrected chi connectivity index (χ2v) is 5.26. The first-order chi connectivity index (χ1) is 8.47. The van der Waals surface area contributed by atoms with Gasteiger partial charge in [0.05, 0.1) is 18.3 Å². The molecular formula is C14H20O4. The van der Waals surface area contributed by atoms with Gasteiger partial charge in [0.15, 0.2) is 0 Å². The highest BCUT2D eigenvalue weighted by Gasteiger charge is 2.53. The average Bonchev–Trinajstić information content (AvgIpc) is 2.86. The zero-order valence-electron chi connectivity index (χ0n) is 11.0. The normalized spacial score (nSPS) is 33.4. The van der Waals surface area contributed by atoms with Crippen molar-refractivity contribution in [3.05, 3.63) is 24.5 Å². The smallest absolute Gasteiger partial charge is 0.338 e. The standard InChI is InChI=1S/C14H20O4/c1-9(2)13(15)17-10(3)11-7-14(8-16-4)6-5-12(11)18-14/h11-12H,1,3,5-8H2,2,4H3. The lowest BCUT2D eigenvalue weighted by Gasteiger charge is -2.26. The Morgan fingerprint density at radius 1 is 1.50 bits per heavy atom. The number of rotatable bonds is 5. The summed E-state index contributed by atoms with van der Waals surface area (Å²) in [5, 5.41) is 0. The molecule has 2 fully saturated rings. The summed E-state index contributed by atoms with van der Waals surface area (Å²) in [6, 6.07) is 0. The van der Waals surface area contributed by atoms with Gasteiger partial charge in [-0.3, -0.25) is 0 Å². The van der Waals surface area contributed by atoms with Gasteiger partial charge in [-0.15, -0.1) is 0 Å². The summed E-state index contributed by atoms with van der Waals surface area (Å²) in [5.41, 5.74) is 0.176. The van der Waals surface area contributed by atoms with E-state index in [1.165, 1.54) is 0 Å². The molecule has 0 aromatic heterocycles. The number of carbonyl (C=O) groups excluding carboxylic acids is 1. The van der Waals surface area contributed by atoms with Crippen molar-refractivity contribution in [1.29, 1.82) is 0 Å². The van der Waals surface area contributed by atoms with Crippen LogP contribution in [-0.2, 0) is 19.0 Å². The van der Waals surface area contributed by atoms with E-state index < -0.39 is 5.97 Å². The van der Waals surface area contributed by atoms with Gasteiger partial charge in [-0.25, -0.2) is 4.79 Å².